The van der Waals surface area contributed by atoms with Crippen molar-refractivity contribution < 1.29 is 0 Å². The van der Waals surface area contributed by atoms with Crippen LogP contribution in [0.4, 0.5) is 17.1 Å². The molecule has 230 valence electrons. The summed E-state index contributed by atoms with van der Waals surface area (Å²) in [5, 5.41) is 7.69. The van der Waals surface area contributed by atoms with Crippen LogP contribution in [-0.4, -0.2) is 0 Å². The number of hydrogen-bond donors (Lipinski definition) is 0. The maximum atomic E-state index is 2.36. The summed E-state index contributed by atoms with van der Waals surface area (Å²) in [4.78, 5) is 2.35. The van der Waals surface area contributed by atoms with Crippen molar-refractivity contribution in [1.29, 1.82) is 0 Å². The van der Waals surface area contributed by atoms with E-state index < -0.39 is 0 Å². The molecule has 0 atom stereocenters. The van der Waals surface area contributed by atoms with Gasteiger partial charge in [0.15, 0.2) is 0 Å². The summed E-state index contributed by atoms with van der Waals surface area (Å²) in [7, 11) is 0. The quantitative estimate of drug-likeness (QED) is 0.167. The smallest absolute Gasteiger partial charge is 0.0467 e. The summed E-state index contributed by atoms with van der Waals surface area (Å²) >= 11 is 0. The molecule has 0 saturated carbocycles. The Morgan fingerprint density at radius 2 is 0.694 bits per heavy atom. The van der Waals surface area contributed by atoms with Crippen LogP contribution < -0.4 is 4.90 Å². The van der Waals surface area contributed by atoms with E-state index >= 15 is 0 Å². The molecule has 0 spiro atoms. The largest absolute Gasteiger partial charge is 0.310 e. The lowest BCUT2D eigenvalue weighted by molar-refractivity contribution is 1.28. The van der Waals surface area contributed by atoms with Crippen LogP contribution in [0.3, 0.4) is 0 Å². The van der Waals surface area contributed by atoms with E-state index in [0.29, 0.717) is 0 Å². The lowest BCUT2D eigenvalue weighted by Crippen LogP contribution is -2.10. The Labute approximate surface area is 287 Å². The summed E-state index contributed by atoms with van der Waals surface area (Å²) in [5.74, 6) is 0. The molecule has 0 bridgehead atoms. The average molecular weight is 624 g/mol. The normalized spacial score (nSPS) is 11.3. The van der Waals surface area contributed by atoms with Gasteiger partial charge in [0.2, 0.25) is 0 Å². The van der Waals surface area contributed by atoms with Gasteiger partial charge in [0.05, 0.1) is 0 Å². The number of nitrogens with zero attached hydrogens (tertiary/aromatic N) is 1. The summed E-state index contributed by atoms with van der Waals surface area (Å²) in [6, 6.07) is 72.4. The summed E-state index contributed by atoms with van der Waals surface area (Å²) < 4.78 is 0. The van der Waals surface area contributed by atoms with Crippen LogP contribution in [0.25, 0.3) is 65.7 Å². The van der Waals surface area contributed by atoms with E-state index in [1.807, 2.05) is 0 Å². The highest BCUT2D eigenvalue weighted by Crippen LogP contribution is 2.39. The molecule has 0 aliphatic carbocycles. The van der Waals surface area contributed by atoms with Crippen molar-refractivity contribution in [3.63, 3.8) is 0 Å². The molecule has 1 nitrogen and oxygen atoms in total. The first-order valence-corrected chi connectivity index (χ1v) is 16.8. The van der Waals surface area contributed by atoms with Crippen LogP contribution in [0.5, 0.6) is 0 Å². The minimum absolute atomic E-state index is 1.11. The van der Waals surface area contributed by atoms with Crippen LogP contribution in [0, 0.1) is 0 Å². The van der Waals surface area contributed by atoms with Gasteiger partial charge in [-0.1, -0.05) is 158 Å². The molecule has 9 aromatic carbocycles. The zero-order valence-electron chi connectivity index (χ0n) is 27.0. The minimum atomic E-state index is 1.11. The molecule has 0 radical (unpaired) electrons. The number of anilines is 3. The van der Waals surface area contributed by atoms with Gasteiger partial charge in [-0.25, -0.2) is 0 Å². The number of benzene rings is 9. The van der Waals surface area contributed by atoms with Gasteiger partial charge in [-0.15, -0.1) is 0 Å². The molecule has 49 heavy (non-hydrogen) atoms. The second-order valence-corrected chi connectivity index (χ2v) is 12.6. The van der Waals surface area contributed by atoms with Crippen molar-refractivity contribution >= 4 is 49.4 Å². The summed E-state index contributed by atoms with van der Waals surface area (Å²) in [6.07, 6.45) is 0. The van der Waals surface area contributed by atoms with Gasteiger partial charge in [-0.05, 0) is 108 Å². The van der Waals surface area contributed by atoms with Gasteiger partial charge in [0.1, 0.15) is 0 Å². The molecule has 0 saturated heterocycles. The molecule has 0 aliphatic rings. The topological polar surface area (TPSA) is 3.24 Å². The van der Waals surface area contributed by atoms with Gasteiger partial charge in [-0.3, -0.25) is 0 Å². The standard InChI is InChI=1S/C48H33N/c1-3-10-34(11-4-1)36-24-28-43(29-25-36)49(45-16-9-15-41(32-45)35-12-5-2-6-13-35)44-30-26-37(27-31-44)42-23-20-39-19-22-40-21-18-38-14-7-8-17-46(38)48(40)47(39)33-42/h1-33H. The summed E-state index contributed by atoms with van der Waals surface area (Å²) in [5.41, 5.74) is 10.6. The highest BCUT2D eigenvalue weighted by Gasteiger charge is 2.15. The molecule has 9 rings (SSSR count). The molecule has 9 aromatic rings. The third-order valence-electron chi connectivity index (χ3n) is 9.63. The molecule has 0 N–H and O–H groups in total. The first-order valence-electron chi connectivity index (χ1n) is 16.8. The third kappa shape index (κ3) is 5.42. The Morgan fingerprint density at radius 1 is 0.245 bits per heavy atom. The Morgan fingerprint density at radius 3 is 1.37 bits per heavy atom. The third-order valence-corrected chi connectivity index (χ3v) is 9.63. The molecule has 0 aliphatic heterocycles. The van der Waals surface area contributed by atoms with Gasteiger partial charge in [-0.2, -0.15) is 0 Å². The van der Waals surface area contributed by atoms with E-state index in [-0.39, 0.29) is 0 Å². The van der Waals surface area contributed by atoms with Gasteiger partial charge in [0, 0.05) is 17.1 Å². The Hall–Kier alpha value is -6.44. The van der Waals surface area contributed by atoms with Crippen molar-refractivity contribution in [2.24, 2.45) is 0 Å². The SMILES string of the molecule is c1ccc(-c2ccc(N(c3ccc(-c4ccc5ccc6ccc7ccccc7c6c5c4)cc3)c3cccc(-c4ccccc4)c3)cc2)cc1. The predicted octanol–water partition coefficient (Wildman–Crippen LogP) is 13.6. The highest BCUT2D eigenvalue weighted by molar-refractivity contribution is 6.20. The van der Waals surface area contributed by atoms with Gasteiger partial charge in [0.25, 0.3) is 0 Å². The van der Waals surface area contributed by atoms with Crippen molar-refractivity contribution in [3.05, 3.63) is 200 Å². The summed E-state index contributed by atoms with van der Waals surface area (Å²) in [6.45, 7) is 0. The van der Waals surface area contributed by atoms with Gasteiger partial charge >= 0.3 is 0 Å². The van der Waals surface area contributed by atoms with Crippen molar-refractivity contribution in [1.82, 2.24) is 0 Å². The minimum Gasteiger partial charge on any atom is -0.310 e. The zero-order chi connectivity index (χ0) is 32.6. The average Bonchev–Trinajstić information content (AvgIpc) is 3.19. The predicted molar refractivity (Wildman–Crippen MR) is 210 cm³/mol. The fourth-order valence-corrected chi connectivity index (χ4v) is 7.14. The van der Waals surface area contributed by atoms with E-state index in [1.54, 1.807) is 0 Å². The zero-order valence-corrected chi connectivity index (χ0v) is 27.0. The molecular weight excluding hydrogens is 591 g/mol. The second kappa shape index (κ2) is 12.3. The monoisotopic (exact) mass is 623 g/mol. The second-order valence-electron chi connectivity index (χ2n) is 12.6. The molecule has 0 amide bonds. The fourth-order valence-electron chi connectivity index (χ4n) is 7.14. The van der Waals surface area contributed by atoms with Crippen LogP contribution in [0.1, 0.15) is 0 Å². The van der Waals surface area contributed by atoms with E-state index in [4.69, 9.17) is 0 Å². The van der Waals surface area contributed by atoms with Gasteiger partial charge < -0.3 is 4.90 Å². The first kappa shape index (κ1) is 28.8. The lowest BCUT2D eigenvalue weighted by Gasteiger charge is -2.26. The first-order chi connectivity index (χ1) is 24.3. The van der Waals surface area contributed by atoms with Crippen LogP contribution >= 0.6 is 0 Å². The van der Waals surface area contributed by atoms with E-state index in [0.717, 1.165) is 17.1 Å². The molecule has 0 heterocycles. The maximum Gasteiger partial charge on any atom is 0.0467 e. The van der Waals surface area contributed by atoms with E-state index in [1.165, 1.54) is 65.7 Å². The number of fused-ring (bicyclic) bond motifs is 5. The molecule has 0 aromatic heterocycles. The van der Waals surface area contributed by atoms with E-state index in [9.17, 15) is 0 Å². The Balaban J connectivity index is 1.14. The van der Waals surface area contributed by atoms with Crippen LogP contribution in [-0.2, 0) is 0 Å². The fraction of sp³-hybridized carbons (Fsp3) is 0. The molecular formula is C48H33N. The van der Waals surface area contributed by atoms with Crippen molar-refractivity contribution in [3.8, 4) is 33.4 Å². The number of hydrogen-bond acceptors (Lipinski definition) is 1. The number of rotatable bonds is 6. The molecule has 0 fully saturated rings. The Kier molecular flexibility index (Phi) is 7.22. The van der Waals surface area contributed by atoms with Crippen LogP contribution in [0.2, 0.25) is 0 Å². The molecule has 1 heteroatoms. The lowest BCUT2D eigenvalue weighted by atomic mass is 9.94. The highest BCUT2D eigenvalue weighted by atomic mass is 15.1. The van der Waals surface area contributed by atoms with Crippen molar-refractivity contribution in [2.45, 2.75) is 0 Å². The maximum absolute atomic E-state index is 2.36. The Bertz CT molecular complexity index is 2560. The van der Waals surface area contributed by atoms with Crippen molar-refractivity contribution in [2.75, 3.05) is 4.90 Å². The van der Waals surface area contributed by atoms with E-state index in [2.05, 4.69) is 205 Å². The van der Waals surface area contributed by atoms with Crippen LogP contribution in [0.15, 0.2) is 200 Å². The molecule has 0 unspecified atom stereocenters.